The van der Waals surface area contributed by atoms with E-state index in [1.54, 1.807) is 11.9 Å². The molecule has 2 amide bonds. The molecule has 0 atom stereocenters. The molecule has 2 aromatic rings. The Morgan fingerprint density at radius 2 is 1.76 bits per heavy atom. The summed E-state index contributed by atoms with van der Waals surface area (Å²) in [5, 5.41) is 2.84. The van der Waals surface area contributed by atoms with Crippen LogP contribution in [0.4, 0.5) is 0 Å². The molecule has 0 aliphatic carbocycles. The molecule has 2 aromatic carbocycles. The van der Waals surface area contributed by atoms with E-state index >= 15 is 0 Å². The van der Waals surface area contributed by atoms with Crippen molar-refractivity contribution in [2.75, 3.05) is 33.9 Å². The van der Waals surface area contributed by atoms with Crippen molar-refractivity contribution in [2.45, 2.75) is 26.2 Å². The van der Waals surface area contributed by atoms with Crippen LogP contribution in [0.15, 0.2) is 48.5 Å². The highest BCUT2D eigenvalue weighted by Gasteiger charge is 2.41. The van der Waals surface area contributed by atoms with Crippen LogP contribution >= 0.6 is 0 Å². The van der Waals surface area contributed by atoms with Crippen molar-refractivity contribution in [2.24, 2.45) is 5.41 Å². The summed E-state index contributed by atoms with van der Waals surface area (Å²) in [5.41, 5.74) is 4.26. The summed E-state index contributed by atoms with van der Waals surface area (Å²) in [6.45, 7) is 3.34. The number of benzene rings is 2. The van der Waals surface area contributed by atoms with Gasteiger partial charge in [0.2, 0.25) is 11.8 Å². The van der Waals surface area contributed by atoms with Gasteiger partial charge in [-0.3, -0.25) is 9.59 Å². The lowest BCUT2D eigenvalue weighted by Gasteiger charge is -2.40. The highest BCUT2D eigenvalue weighted by Crippen LogP contribution is 2.36. The average molecular weight is 395 g/mol. The summed E-state index contributed by atoms with van der Waals surface area (Å²) >= 11 is 0. The van der Waals surface area contributed by atoms with Crippen LogP contribution in [0.5, 0.6) is 0 Å². The molecule has 5 nitrogen and oxygen atoms in total. The maximum Gasteiger partial charge on any atom is 0.248 e. The molecule has 0 bridgehead atoms. The van der Waals surface area contributed by atoms with Gasteiger partial charge in [0.05, 0.1) is 5.41 Å². The van der Waals surface area contributed by atoms with Crippen molar-refractivity contribution >= 4 is 11.8 Å². The second kappa shape index (κ2) is 9.23. The Morgan fingerprint density at radius 3 is 2.34 bits per heavy atom. The fourth-order valence-electron chi connectivity index (χ4n) is 4.18. The zero-order valence-electron chi connectivity index (χ0n) is 17.5. The van der Waals surface area contributed by atoms with E-state index in [9.17, 15) is 9.59 Å². The number of hydrogen-bond acceptors (Lipinski definition) is 3. The molecule has 0 radical (unpaired) electrons. The number of nitrogens with zero attached hydrogens (tertiary/aromatic N) is 1. The molecular weight excluding hydrogens is 364 g/mol. The van der Waals surface area contributed by atoms with Gasteiger partial charge in [0, 0.05) is 27.2 Å². The second-order valence-electron chi connectivity index (χ2n) is 7.92. The van der Waals surface area contributed by atoms with Gasteiger partial charge in [0.15, 0.2) is 0 Å². The molecule has 5 heteroatoms. The number of piperidine rings is 1. The van der Waals surface area contributed by atoms with Crippen LogP contribution in [0.3, 0.4) is 0 Å². The number of rotatable bonds is 6. The molecule has 1 aliphatic heterocycles. The average Bonchev–Trinajstić information content (AvgIpc) is 2.74. The Kier molecular flexibility index (Phi) is 6.70. The number of ether oxygens (including phenoxy) is 1. The number of amides is 2. The monoisotopic (exact) mass is 394 g/mol. The van der Waals surface area contributed by atoms with E-state index in [-0.39, 0.29) is 18.4 Å². The van der Waals surface area contributed by atoms with E-state index in [4.69, 9.17) is 4.74 Å². The minimum atomic E-state index is -0.483. The molecule has 29 heavy (non-hydrogen) atoms. The first-order valence-corrected chi connectivity index (χ1v) is 10.1. The van der Waals surface area contributed by atoms with E-state index < -0.39 is 5.41 Å². The summed E-state index contributed by atoms with van der Waals surface area (Å²) in [6.07, 6.45) is 1.98. The second-order valence-corrected chi connectivity index (χ2v) is 7.92. The summed E-state index contributed by atoms with van der Waals surface area (Å²) in [5.74, 6) is 0.0413. The highest BCUT2D eigenvalue weighted by atomic mass is 16.5. The van der Waals surface area contributed by atoms with Gasteiger partial charge in [-0.25, -0.2) is 0 Å². The zero-order valence-corrected chi connectivity index (χ0v) is 17.5. The lowest BCUT2D eigenvalue weighted by Crippen LogP contribution is -2.51. The lowest BCUT2D eigenvalue weighted by molar-refractivity contribution is -0.142. The Labute approximate surface area is 173 Å². The summed E-state index contributed by atoms with van der Waals surface area (Å²) in [7, 11) is 3.21. The number of carbonyl (C=O) groups is 2. The first kappa shape index (κ1) is 21.1. The molecule has 3 rings (SSSR count). The number of methoxy groups -OCH3 is 1. The lowest BCUT2D eigenvalue weighted by atomic mass is 9.73. The predicted octanol–water partition coefficient (Wildman–Crippen LogP) is 3.21. The Morgan fingerprint density at radius 1 is 1.07 bits per heavy atom. The number of aryl methyl sites for hydroxylation is 1. The number of hydrogen-bond donors (Lipinski definition) is 1. The van der Waals surface area contributed by atoms with Gasteiger partial charge in [0.1, 0.15) is 6.61 Å². The van der Waals surface area contributed by atoms with Crippen LogP contribution in [-0.2, 0) is 20.7 Å². The van der Waals surface area contributed by atoms with Crippen molar-refractivity contribution in [3.8, 4) is 11.1 Å². The quantitative estimate of drug-likeness (QED) is 0.819. The summed E-state index contributed by atoms with van der Waals surface area (Å²) in [4.78, 5) is 26.7. The molecule has 0 aromatic heterocycles. The topological polar surface area (TPSA) is 58.6 Å². The maximum absolute atomic E-state index is 12.8. The number of nitrogens with one attached hydrogen (secondary N) is 1. The molecule has 0 spiro atoms. The van der Waals surface area contributed by atoms with E-state index in [0.29, 0.717) is 32.4 Å². The number of carbonyl (C=O) groups excluding carboxylic acids is 2. The van der Waals surface area contributed by atoms with E-state index in [1.165, 1.54) is 23.8 Å². The van der Waals surface area contributed by atoms with Gasteiger partial charge < -0.3 is 15.0 Å². The smallest absolute Gasteiger partial charge is 0.248 e. The summed E-state index contributed by atoms with van der Waals surface area (Å²) in [6, 6.07) is 16.9. The third-order valence-electron chi connectivity index (χ3n) is 5.90. The zero-order chi connectivity index (χ0) is 20.9. The van der Waals surface area contributed by atoms with Crippen LogP contribution in [0.25, 0.3) is 11.1 Å². The van der Waals surface area contributed by atoms with E-state index in [0.717, 1.165) is 5.56 Å². The first-order chi connectivity index (χ1) is 14.0. The minimum Gasteiger partial charge on any atom is -0.375 e. The Bertz CT molecular complexity index is 853. The molecule has 0 saturated carbocycles. The van der Waals surface area contributed by atoms with Gasteiger partial charge in [-0.1, -0.05) is 54.1 Å². The van der Waals surface area contributed by atoms with Gasteiger partial charge >= 0.3 is 0 Å². The molecule has 0 unspecified atom stereocenters. The van der Waals surface area contributed by atoms with Crippen LogP contribution < -0.4 is 5.32 Å². The van der Waals surface area contributed by atoms with Crippen molar-refractivity contribution in [1.29, 1.82) is 0 Å². The largest absolute Gasteiger partial charge is 0.375 e. The fraction of sp³-hybridized carbons (Fsp3) is 0.417. The Hall–Kier alpha value is -2.66. The third kappa shape index (κ3) is 4.85. The van der Waals surface area contributed by atoms with Crippen LogP contribution in [0.2, 0.25) is 0 Å². The molecular formula is C24H30N2O3. The molecule has 1 N–H and O–H groups in total. The van der Waals surface area contributed by atoms with Crippen molar-refractivity contribution in [3.63, 3.8) is 0 Å². The van der Waals surface area contributed by atoms with E-state index in [1.807, 2.05) is 0 Å². The minimum absolute atomic E-state index is 0.0134. The normalized spacial score (nSPS) is 15.8. The van der Waals surface area contributed by atoms with Gasteiger partial charge in [-0.2, -0.15) is 0 Å². The Balaban J connectivity index is 1.74. The molecule has 1 saturated heterocycles. The van der Waals surface area contributed by atoms with Crippen LogP contribution in [-0.4, -0.2) is 50.6 Å². The maximum atomic E-state index is 12.8. The standard InChI is InChI=1S/C24H30N2O3/c1-18-5-4-6-21(15-18)20-9-7-19(8-10-20)16-24(23(28)25-2)11-13-26(14-12-24)22(27)17-29-3/h4-10,15H,11-14,16-17H2,1-3H3,(H,25,28). The van der Waals surface area contributed by atoms with Crippen LogP contribution in [0, 0.1) is 12.3 Å². The summed E-state index contributed by atoms with van der Waals surface area (Å²) < 4.78 is 4.96. The predicted molar refractivity (Wildman–Crippen MR) is 115 cm³/mol. The fourth-order valence-corrected chi connectivity index (χ4v) is 4.18. The molecule has 1 fully saturated rings. The molecule has 1 aliphatic rings. The first-order valence-electron chi connectivity index (χ1n) is 10.1. The highest BCUT2D eigenvalue weighted by molar-refractivity contribution is 5.84. The van der Waals surface area contributed by atoms with Gasteiger partial charge in [-0.05, 0) is 42.9 Å². The van der Waals surface area contributed by atoms with Crippen molar-refractivity contribution in [3.05, 3.63) is 59.7 Å². The van der Waals surface area contributed by atoms with E-state index in [2.05, 4.69) is 60.8 Å². The van der Waals surface area contributed by atoms with Crippen molar-refractivity contribution in [1.82, 2.24) is 10.2 Å². The van der Waals surface area contributed by atoms with Gasteiger partial charge in [0.25, 0.3) is 0 Å². The van der Waals surface area contributed by atoms with Gasteiger partial charge in [-0.15, -0.1) is 0 Å². The molecule has 154 valence electrons. The third-order valence-corrected chi connectivity index (χ3v) is 5.90. The molecule has 1 heterocycles. The number of likely N-dealkylation sites (tertiary alicyclic amines) is 1. The van der Waals surface area contributed by atoms with Crippen molar-refractivity contribution < 1.29 is 14.3 Å². The van der Waals surface area contributed by atoms with Crippen LogP contribution in [0.1, 0.15) is 24.0 Å². The SMILES string of the molecule is CNC(=O)C1(Cc2ccc(-c3cccc(C)c3)cc2)CCN(C(=O)COC)CC1.